The summed E-state index contributed by atoms with van der Waals surface area (Å²) in [5.74, 6) is 0.811. The maximum atomic E-state index is 13.8. The van der Waals surface area contributed by atoms with Crippen LogP contribution in [0.4, 0.5) is 0 Å². The number of hydrogen-bond donors (Lipinski definition) is 2. The monoisotopic (exact) mass is 543 g/mol. The molecule has 0 aliphatic carbocycles. The molecule has 9 heteroatoms. The average molecular weight is 544 g/mol. The number of benzene rings is 3. The summed E-state index contributed by atoms with van der Waals surface area (Å²) in [4.78, 5) is 28.9. The normalized spacial score (nSPS) is 11.9. The molecule has 0 saturated carbocycles. The van der Waals surface area contributed by atoms with Crippen LogP contribution < -0.4 is 30.0 Å². The second-order valence-corrected chi connectivity index (χ2v) is 9.55. The van der Waals surface area contributed by atoms with E-state index in [1.165, 1.54) is 34.5 Å². The Morgan fingerprint density at radius 1 is 0.900 bits per heavy atom. The van der Waals surface area contributed by atoms with E-state index in [4.69, 9.17) is 23.4 Å². The molecule has 0 unspecified atom stereocenters. The van der Waals surface area contributed by atoms with Gasteiger partial charge in [0.05, 0.1) is 50.2 Å². The van der Waals surface area contributed by atoms with Crippen molar-refractivity contribution in [2.75, 3.05) is 28.4 Å². The zero-order chi connectivity index (χ0) is 28.7. The summed E-state index contributed by atoms with van der Waals surface area (Å²) < 4.78 is 27.8. The molecule has 0 saturated heterocycles. The fraction of sp³-hybridized carbons (Fsp3) is 0.226. The van der Waals surface area contributed by atoms with Gasteiger partial charge in [-0.1, -0.05) is 11.6 Å². The fourth-order valence-electron chi connectivity index (χ4n) is 5.16. The molecule has 0 spiro atoms. The zero-order valence-corrected chi connectivity index (χ0v) is 23.0. The number of pyridine rings is 1. The Morgan fingerprint density at radius 3 is 2.27 bits per heavy atom. The first kappa shape index (κ1) is 26.7. The summed E-state index contributed by atoms with van der Waals surface area (Å²) in [6.45, 7) is 3.87. The van der Waals surface area contributed by atoms with Crippen molar-refractivity contribution in [1.29, 1.82) is 0 Å². The number of H-pyrrole nitrogens is 1. The largest absolute Gasteiger partial charge is 0.507 e. The first-order chi connectivity index (χ1) is 19.2. The topological polar surface area (TPSA) is 120 Å². The molecule has 5 aromatic rings. The van der Waals surface area contributed by atoms with Gasteiger partial charge in [-0.25, -0.2) is 4.79 Å². The van der Waals surface area contributed by atoms with E-state index in [1.807, 2.05) is 26.0 Å². The number of aromatic hydroxyl groups is 1. The standard InChI is InChI=1S/C31H29NO8/c1-15(2)11-19(18-12-16-7-10-25(33)40-22(16)14-23(18)37-4)26-24(38-5)13-20-27(30(26)35)29(34)17-8-9-21(36-3)31(39-6)28(17)32-20/h7-14,19,35H,1-6H3,(H,32,34)/t19-/m1/s1. The van der Waals surface area contributed by atoms with Crippen molar-refractivity contribution in [3.05, 3.63) is 85.9 Å². The predicted molar refractivity (Wildman–Crippen MR) is 154 cm³/mol. The molecule has 1 atom stereocenters. The van der Waals surface area contributed by atoms with Gasteiger partial charge < -0.3 is 33.5 Å². The quantitative estimate of drug-likeness (QED) is 0.154. The second-order valence-electron chi connectivity index (χ2n) is 9.55. The highest BCUT2D eigenvalue weighted by atomic mass is 16.5. The van der Waals surface area contributed by atoms with Crippen LogP contribution in [0.2, 0.25) is 0 Å². The first-order valence-corrected chi connectivity index (χ1v) is 12.5. The van der Waals surface area contributed by atoms with Crippen molar-refractivity contribution in [1.82, 2.24) is 4.98 Å². The lowest BCUT2D eigenvalue weighted by molar-refractivity contribution is 0.358. The van der Waals surface area contributed by atoms with Crippen LogP contribution in [-0.2, 0) is 0 Å². The maximum Gasteiger partial charge on any atom is 0.336 e. The van der Waals surface area contributed by atoms with Crippen molar-refractivity contribution < 1.29 is 28.5 Å². The Hall–Kier alpha value is -4.92. The van der Waals surface area contributed by atoms with Crippen molar-refractivity contribution in [3.63, 3.8) is 0 Å². The van der Waals surface area contributed by atoms with Gasteiger partial charge in [-0.3, -0.25) is 4.79 Å². The molecule has 2 N–H and O–H groups in total. The van der Waals surface area contributed by atoms with Crippen molar-refractivity contribution in [2.24, 2.45) is 0 Å². The van der Waals surface area contributed by atoms with Gasteiger partial charge in [0.1, 0.15) is 22.8 Å². The highest BCUT2D eigenvalue weighted by Gasteiger charge is 2.28. The number of phenolic OH excluding ortho intramolecular Hbond substituents is 1. The fourth-order valence-corrected chi connectivity index (χ4v) is 5.16. The zero-order valence-electron chi connectivity index (χ0n) is 23.0. The van der Waals surface area contributed by atoms with Crippen LogP contribution in [0.5, 0.6) is 28.7 Å². The summed E-state index contributed by atoms with van der Waals surface area (Å²) in [5, 5.41) is 12.9. The molecule has 5 rings (SSSR count). The van der Waals surface area contributed by atoms with E-state index in [2.05, 4.69) is 4.98 Å². The molecule has 0 aliphatic heterocycles. The lowest BCUT2D eigenvalue weighted by atomic mass is 9.86. The van der Waals surface area contributed by atoms with Gasteiger partial charge in [0.2, 0.25) is 5.43 Å². The lowest BCUT2D eigenvalue weighted by Gasteiger charge is -2.23. The molecule has 0 amide bonds. The van der Waals surface area contributed by atoms with E-state index in [9.17, 15) is 14.7 Å². The van der Waals surface area contributed by atoms with Gasteiger partial charge in [0.25, 0.3) is 0 Å². The third-order valence-corrected chi connectivity index (χ3v) is 6.92. The minimum absolute atomic E-state index is 0.105. The molecule has 9 nitrogen and oxygen atoms in total. The third kappa shape index (κ3) is 4.29. The Balaban J connectivity index is 1.88. The van der Waals surface area contributed by atoms with Gasteiger partial charge >= 0.3 is 5.63 Å². The Labute approximate surface area is 229 Å². The highest BCUT2D eigenvalue weighted by molar-refractivity contribution is 6.00. The van der Waals surface area contributed by atoms with Crippen LogP contribution in [0.1, 0.15) is 30.9 Å². The molecular weight excluding hydrogens is 514 g/mol. The predicted octanol–water partition coefficient (Wildman–Crippen LogP) is 5.63. The van der Waals surface area contributed by atoms with Crippen LogP contribution in [-0.4, -0.2) is 38.5 Å². The number of rotatable bonds is 7. The van der Waals surface area contributed by atoms with E-state index < -0.39 is 11.5 Å². The maximum absolute atomic E-state index is 13.8. The third-order valence-electron chi connectivity index (χ3n) is 6.92. The van der Waals surface area contributed by atoms with Crippen LogP contribution >= 0.6 is 0 Å². The number of allylic oxidation sites excluding steroid dienone is 2. The minimum Gasteiger partial charge on any atom is -0.507 e. The summed E-state index contributed by atoms with van der Waals surface area (Å²) in [6, 6.07) is 11.5. The SMILES string of the molecule is COc1cc2oc(=O)ccc2cc1[C@@H](C=C(C)C)c1c(OC)cc2[nH]c3c(OC)c(OC)ccc3c(=O)c2c1O. The van der Waals surface area contributed by atoms with Crippen LogP contribution in [0.3, 0.4) is 0 Å². The number of phenols is 1. The summed E-state index contributed by atoms with van der Waals surface area (Å²) in [5.41, 5.74) is 2.34. The first-order valence-electron chi connectivity index (χ1n) is 12.5. The van der Waals surface area contributed by atoms with Gasteiger partial charge in [-0.15, -0.1) is 0 Å². The molecule has 0 fully saturated rings. The van der Waals surface area contributed by atoms with Crippen LogP contribution in [0, 0.1) is 0 Å². The summed E-state index contributed by atoms with van der Waals surface area (Å²) in [6.07, 6.45) is 1.95. The van der Waals surface area contributed by atoms with Crippen LogP contribution in [0.25, 0.3) is 32.8 Å². The molecule has 206 valence electrons. The molecule has 0 bridgehead atoms. The van der Waals surface area contributed by atoms with Gasteiger partial charge in [0.15, 0.2) is 11.5 Å². The van der Waals surface area contributed by atoms with Crippen molar-refractivity contribution >= 4 is 32.8 Å². The Morgan fingerprint density at radius 2 is 1.62 bits per heavy atom. The molecular formula is C31H29NO8. The number of aromatic amines is 1. The highest BCUT2D eigenvalue weighted by Crippen LogP contribution is 2.46. The molecule has 0 radical (unpaired) electrons. The molecule has 2 aromatic heterocycles. The van der Waals surface area contributed by atoms with Gasteiger partial charge in [-0.2, -0.15) is 0 Å². The van der Waals surface area contributed by atoms with Gasteiger partial charge in [-0.05, 0) is 38.1 Å². The number of fused-ring (bicyclic) bond motifs is 3. The molecule has 2 heterocycles. The lowest BCUT2D eigenvalue weighted by Crippen LogP contribution is -2.10. The van der Waals surface area contributed by atoms with Crippen LogP contribution in [0.15, 0.2) is 68.1 Å². The van der Waals surface area contributed by atoms with E-state index in [-0.39, 0.29) is 16.6 Å². The number of hydrogen-bond acceptors (Lipinski definition) is 8. The molecule has 3 aromatic carbocycles. The minimum atomic E-state index is -0.587. The molecule has 40 heavy (non-hydrogen) atoms. The number of ether oxygens (including phenoxy) is 4. The smallest absolute Gasteiger partial charge is 0.336 e. The van der Waals surface area contributed by atoms with E-state index >= 15 is 0 Å². The molecule has 0 aliphatic rings. The second kappa shape index (κ2) is 10.3. The number of methoxy groups -OCH3 is 4. The summed E-state index contributed by atoms with van der Waals surface area (Å²) in [7, 11) is 6.02. The van der Waals surface area contributed by atoms with Crippen molar-refractivity contribution in [3.8, 4) is 28.7 Å². The summed E-state index contributed by atoms with van der Waals surface area (Å²) >= 11 is 0. The Bertz CT molecular complexity index is 1930. The van der Waals surface area contributed by atoms with Gasteiger partial charge in [0, 0.05) is 40.6 Å². The van der Waals surface area contributed by atoms with Crippen molar-refractivity contribution in [2.45, 2.75) is 19.8 Å². The van der Waals surface area contributed by atoms with E-state index in [0.717, 1.165) is 5.57 Å². The number of aromatic nitrogens is 1. The number of nitrogens with one attached hydrogen (secondary N) is 1. The Kier molecular flexibility index (Phi) is 6.89. The van der Waals surface area contributed by atoms with E-state index in [1.54, 1.807) is 30.3 Å². The average Bonchev–Trinajstić information content (AvgIpc) is 2.94. The van der Waals surface area contributed by atoms with E-state index in [0.29, 0.717) is 61.5 Å².